The highest BCUT2D eigenvalue weighted by atomic mass is 28.4. The molecule has 0 aliphatic heterocycles. The molecule has 0 fully saturated rings. The third kappa shape index (κ3) is 5.75. The summed E-state index contributed by atoms with van der Waals surface area (Å²) in [5.74, 6) is -0.0130. The van der Waals surface area contributed by atoms with Gasteiger partial charge in [0.25, 0.3) is 0 Å². The number of nitrogens with zero attached hydrogens (tertiary/aromatic N) is 1. The van der Waals surface area contributed by atoms with Crippen LogP contribution in [0, 0.1) is 0 Å². The first-order valence-electron chi connectivity index (χ1n) is 11.0. The molecule has 0 saturated heterocycles. The van der Waals surface area contributed by atoms with E-state index in [1.54, 1.807) is 0 Å². The molecule has 5 nitrogen and oxygen atoms in total. The molecule has 0 bridgehead atoms. The van der Waals surface area contributed by atoms with Crippen LogP contribution in [0.15, 0.2) is 65.2 Å². The van der Waals surface area contributed by atoms with Gasteiger partial charge in [0, 0.05) is 0 Å². The number of hydrogen-bond acceptors (Lipinski definition) is 5. The fourth-order valence-electron chi connectivity index (χ4n) is 3.19. The van der Waals surface area contributed by atoms with E-state index in [1.807, 2.05) is 18.2 Å². The number of carbonyl (C=O) groups is 1. The number of carbonyl (C=O) groups excluding carboxylic acids is 1. The van der Waals surface area contributed by atoms with Crippen molar-refractivity contribution in [3.05, 3.63) is 78.0 Å². The predicted molar refractivity (Wildman–Crippen MR) is 129 cm³/mol. The van der Waals surface area contributed by atoms with Crippen LogP contribution in [0.4, 0.5) is 0 Å². The number of benzene rings is 2. The smallest absolute Gasteiger partial charge is 0.375 e. The third-order valence-electron chi connectivity index (χ3n) is 6.18. The highest BCUT2D eigenvalue weighted by Crippen LogP contribution is 2.40. The Bertz CT molecular complexity index is 1020. The van der Waals surface area contributed by atoms with Crippen LogP contribution in [0.2, 0.25) is 18.1 Å². The number of esters is 1. The van der Waals surface area contributed by atoms with Gasteiger partial charge in [-0.3, -0.25) is 0 Å². The highest BCUT2D eigenvalue weighted by molar-refractivity contribution is 6.74. The first kappa shape index (κ1) is 23.9. The van der Waals surface area contributed by atoms with Gasteiger partial charge < -0.3 is 13.6 Å². The summed E-state index contributed by atoms with van der Waals surface area (Å²) in [5, 5.41) is 0.0420. The number of oxazole rings is 1. The Balaban J connectivity index is 1.78. The molecule has 1 aromatic heterocycles. The molecule has 1 heterocycles. The van der Waals surface area contributed by atoms with E-state index in [4.69, 9.17) is 13.6 Å². The van der Waals surface area contributed by atoms with E-state index in [-0.39, 0.29) is 16.9 Å². The molecule has 0 radical (unpaired) electrons. The molecule has 0 saturated carbocycles. The average Bonchev–Trinajstić information content (AvgIpc) is 3.26. The zero-order valence-corrected chi connectivity index (χ0v) is 20.8. The van der Waals surface area contributed by atoms with Crippen LogP contribution >= 0.6 is 0 Å². The van der Waals surface area contributed by atoms with E-state index in [0.29, 0.717) is 12.3 Å². The molecule has 0 spiro atoms. The van der Waals surface area contributed by atoms with Gasteiger partial charge in [-0.1, -0.05) is 75.4 Å². The van der Waals surface area contributed by atoms with Crippen LogP contribution < -0.4 is 0 Å². The van der Waals surface area contributed by atoms with Gasteiger partial charge in [-0.15, -0.1) is 0 Å². The van der Waals surface area contributed by atoms with Crippen molar-refractivity contribution in [3.63, 3.8) is 0 Å². The summed E-state index contributed by atoms with van der Waals surface area (Å²) in [6.07, 6.45) is 2.60. The van der Waals surface area contributed by atoms with Gasteiger partial charge in [-0.2, -0.15) is 0 Å². The zero-order chi connectivity index (χ0) is 23.4. The summed E-state index contributed by atoms with van der Waals surface area (Å²) in [6, 6.07) is 18.9. The van der Waals surface area contributed by atoms with Crippen LogP contribution in [0.25, 0.3) is 11.1 Å². The summed E-state index contributed by atoms with van der Waals surface area (Å²) in [6.45, 7) is 11.0. The van der Waals surface area contributed by atoms with Crippen molar-refractivity contribution in [2.45, 2.75) is 57.8 Å². The van der Waals surface area contributed by atoms with Crippen LogP contribution in [0.1, 0.15) is 55.3 Å². The van der Waals surface area contributed by atoms with Crippen LogP contribution in [0.3, 0.4) is 0 Å². The number of ether oxygens (including phenoxy) is 1. The monoisotopic (exact) mass is 451 g/mol. The highest BCUT2D eigenvalue weighted by Gasteiger charge is 2.40. The van der Waals surface area contributed by atoms with E-state index >= 15 is 0 Å². The summed E-state index contributed by atoms with van der Waals surface area (Å²) in [5.41, 5.74) is 3.61. The second kappa shape index (κ2) is 9.84. The minimum absolute atomic E-state index is 0.0420. The van der Waals surface area contributed by atoms with E-state index in [1.165, 1.54) is 30.0 Å². The lowest BCUT2D eigenvalue weighted by Crippen LogP contribution is -2.42. The van der Waals surface area contributed by atoms with Gasteiger partial charge in [0.1, 0.15) is 6.10 Å². The molecule has 0 aliphatic rings. The topological polar surface area (TPSA) is 61.6 Å². The second-order valence-electron chi connectivity index (χ2n) is 9.52. The fourth-order valence-corrected chi connectivity index (χ4v) is 4.47. The molecule has 1 atom stereocenters. The summed E-state index contributed by atoms with van der Waals surface area (Å²) < 4.78 is 17.2. The van der Waals surface area contributed by atoms with Gasteiger partial charge in [0.2, 0.25) is 11.7 Å². The molecule has 1 unspecified atom stereocenters. The normalized spacial score (nSPS) is 13.1. The minimum Gasteiger partial charge on any atom is -0.463 e. The van der Waals surface area contributed by atoms with Crippen molar-refractivity contribution >= 4 is 14.3 Å². The van der Waals surface area contributed by atoms with E-state index in [0.717, 1.165) is 6.42 Å². The lowest BCUT2D eigenvalue weighted by Gasteiger charge is -2.38. The molecule has 32 heavy (non-hydrogen) atoms. The first-order chi connectivity index (χ1) is 15.1. The Kier molecular flexibility index (Phi) is 7.36. The van der Waals surface area contributed by atoms with Crippen LogP contribution in [0.5, 0.6) is 0 Å². The predicted octanol–water partition coefficient (Wildman–Crippen LogP) is 6.82. The van der Waals surface area contributed by atoms with Crippen molar-refractivity contribution in [2.24, 2.45) is 0 Å². The Morgan fingerprint density at radius 3 is 2.25 bits per heavy atom. The maximum absolute atomic E-state index is 11.8. The lowest BCUT2D eigenvalue weighted by atomic mass is 10.0. The largest absolute Gasteiger partial charge is 0.463 e. The van der Waals surface area contributed by atoms with Gasteiger partial charge in [0.05, 0.1) is 13.3 Å². The molecule has 0 N–H and O–H groups in total. The van der Waals surface area contributed by atoms with Gasteiger partial charge in [0.15, 0.2) is 8.32 Å². The van der Waals surface area contributed by atoms with Crippen molar-refractivity contribution < 1.29 is 18.4 Å². The number of rotatable bonds is 8. The first-order valence-corrected chi connectivity index (χ1v) is 13.9. The molecule has 170 valence electrons. The maximum Gasteiger partial charge on any atom is 0.375 e. The van der Waals surface area contributed by atoms with E-state index in [2.05, 4.69) is 75.2 Å². The standard InChI is InChI=1S/C26H33NO4Si/c1-26(2,3)32(5,6)31-22(24-27-18-23(30-24)25(28)29-4)17-14-19-12-15-21(16-13-19)20-10-8-7-9-11-20/h7-13,15-16,18,22H,14,17H2,1-6H3. The van der Waals surface area contributed by atoms with Crippen molar-refractivity contribution in [1.82, 2.24) is 4.98 Å². The number of hydrogen-bond donors (Lipinski definition) is 0. The zero-order valence-electron chi connectivity index (χ0n) is 19.8. The molecule has 6 heteroatoms. The third-order valence-corrected chi connectivity index (χ3v) is 10.7. The Morgan fingerprint density at radius 1 is 1.03 bits per heavy atom. The lowest BCUT2D eigenvalue weighted by molar-refractivity contribution is 0.0554. The average molecular weight is 452 g/mol. The van der Waals surface area contributed by atoms with Crippen LogP contribution in [-0.2, 0) is 15.6 Å². The number of aryl methyl sites for hydroxylation is 1. The molecule has 0 aliphatic carbocycles. The molecule has 0 amide bonds. The second-order valence-corrected chi connectivity index (χ2v) is 14.3. The van der Waals surface area contributed by atoms with Crippen molar-refractivity contribution in [3.8, 4) is 11.1 Å². The molecule has 3 rings (SSSR count). The van der Waals surface area contributed by atoms with Gasteiger partial charge in [-0.05, 0) is 47.7 Å². The SMILES string of the molecule is COC(=O)c1cnc(C(CCc2ccc(-c3ccccc3)cc2)O[Si](C)(C)C(C)(C)C)o1. The minimum atomic E-state index is -2.08. The summed E-state index contributed by atoms with van der Waals surface area (Å²) in [7, 11) is -0.758. The summed E-state index contributed by atoms with van der Waals surface area (Å²) >= 11 is 0. The van der Waals surface area contributed by atoms with E-state index < -0.39 is 14.3 Å². The quantitative estimate of drug-likeness (QED) is 0.278. The Hall–Kier alpha value is -2.70. The molecular weight excluding hydrogens is 418 g/mol. The van der Waals surface area contributed by atoms with Crippen molar-refractivity contribution in [2.75, 3.05) is 7.11 Å². The Morgan fingerprint density at radius 2 is 1.66 bits per heavy atom. The molecule has 2 aromatic carbocycles. The number of aromatic nitrogens is 1. The van der Waals surface area contributed by atoms with Crippen molar-refractivity contribution in [1.29, 1.82) is 0 Å². The molecular formula is C26H33NO4Si. The number of methoxy groups -OCH3 is 1. The fraction of sp³-hybridized carbons (Fsp3) is 0.385. The maximum atomic E-state index is 11.8. The van der Waals surface area contributed by atoms with Crippen LogP contribution in [-0.4, -0.2) is 26.4 Å². The molecule has 3 aromatic rings. The van der Waals surface area contributed by atoms with Gasteiger partial charge >= 0.3 is 5.97 Å². The Labute approximate surface area is 191 Å². The van der Waals surface area contributed by atoms with Gasteiger partial charge in [-0.25, -0.2) is 9.78 Å². The summed E-state index contributed by atoms with van der Waals surface area (Å²) in [4.78, 5) is 16.2. The van der Waals surface area contributed by atoms with E-state index in [9.17, 15) is 4.79 Å².